The summed E-state index contributed by atoms with van der Waals surface area (Å²) >= 11 is 0. The molecular weight excluding hydrogens is 520 g/mol. The highest BCUT2D eigenvalue weighted by Crippen LogP contribution is 2.14. The molecule has 210 valence electrons. The average molecular weight is 555 g/mol. The van der Waals surface area contributed by atoms with Gasteiger partial charge in [-0.3, -0.25) is 4.79 Å². The predicted molar refractivity (Wildman–Crippen MR) is 129 cm³/mol. The van der Waals surface area contributed by atoms with Gasteiger partial charge in [0.25, 0.3) is 5.91 Å². The second kappa shape index (κ2) is 14.6. The topological polar surface area (TPSA) is 110 Å². The minimum Gasteiger partial charge on any atom is -0.475 e. The molecule has 0 saturated carbocycles. The third kappa shape index (κ3) is 10.9. The lowest BCUT2D eigenvalue weighted by atomic mass is 10.1. The second-order valence-electron chi connectivity index (χ2n) is 8.82. The molecule has 0 radical (unpaired) electrons. The van der Waals surface area contributed by atoms with Gasteiger partial charge in [-0.1, -0.05) is 6.42 Å². The summed E-state index contributed by atoms with van der Waals surface area (Å²) in [5, 5.41) is 10.3. The van der Waals surface area contributed by atoms with Crippen molar-refractivity contribution in [2.75, 3.05) is 64.7 Å². The Labute approximate surface area is 214 Å². The van der Waals surface area contributed by atoms with Gasteiger partial charge in [-0.25, -0.2) is 17.6 Å². The van der Waals surface area contributed by atoms with Crippen molar-refractivity contribution >= 4 is 21.9 Å². The number of carbonyl (C=O) groups excluding carboxylic acids is 1. The van der Waals surface area contributed by atoms with Crippen molar-refractivity contribution in [3.63, 3.8) is 0 Å². The van der Waals surface area contributed by atoms with E-state index < -0.39 is 28.0 Å². The number of carboxylic acids is 1. The number of rotatable bonds is 9. The summed E-state index contributed by atoms with van der Waals surface area (Å²) in [6, 6.07) is 5.44. The molecule has 3 rings (SSSR count). The molecule has 1 amide bonds. The molecule has 9 nitrogen and oxygen atoms in total. The minimum absolute atomic E-state index is 0.0936. The van der Waals surface area contributed by atoms with Gasteiger partial charge < -0.3 is 20.2 Å². The number of hydrogen-bond donors (Lipinski definition) is 2. The number of nitrogens with zero attached hydrogens (tertiary/aromatic N) is 3. The van der Waals surface area contributed by atoms with Crippen molar-refractivity contribution in [1.82, 2.24) is 19.4 Å². The van der Waals surface area contributed by atoms with E-state index in [2.05, 4.69) is 10.2 Å². The molecule has 0 aliphatic carbocycles. The Morgan fingerprint density at radius 1 is 0.973 bits per heavy atom. The van der Waals surface area contributed by atoms with Gasteiger partial charge in [0.1, 0.15) is 5.82 Å². The van der Waals surface area contributed by atoms with Gasteiger partial charge in [0.15, 0.2) is 0 Å². The van der Waals surface area contributed by atoms with Gasteiger partial charge in [-0.2, -0.15) is 17.5 Å². The second-order valence-corrected chi connectivity index (χ2v) is 10.9. The Morgan fingerprint density at radius 2 is 1.54 bits per heavy atom. The fourth-order valence-electron chi connectivity index (χ4n) is 4.04. The van der Waals surface area contributed by atoms with Crippen molar-refractivity contribution in [3.8, 4) is 0 Å². The normalized spacial score (nSPS) is 17.5. The number of aliphatic carboxylic acids is 1. The fraction of sp³-hybridized carbons (Fsp3) is 0.652. The van der Waals surface area contributed by atoms with Crippen LogP contribution in [-0.2, 0) is 14.8 Å². The number of carbonyl (C=O) groups is 2. The number of piperidine rings is 1. The van der Waals surface area contributed by atoms with Gasteiger partial charge in [0.05, 0.1) is 5.75 Å². The zero-order chi connectivity index (χ0) is 27.5. The van der Waals surface area contributed by atoms with Crippen molar-refractivity contribution in [3.05, 3.63) is 35.6 Å². The maximum Gasteiger partial charge on any atom is 0.490 e. The predicted octanol–water partition coefficient (Wildman–Crippen LogP) is 2.01. The highest BCUT2D eigenvalue weighted by Gasteiger charge is 2.38. The maximum atomic E-state index is 13.2. The van der Waals surface area contributed by atoms with E-state index in [0.29, 0.717) is 38.3 Å². The summed E-state index contributed by atoms with van der Waals surface area (Å²) < 4.78 is 71.9. The van der Waals surface area contributed by atoms with Gasteiger partial charge in [-0.15, -0.1) is 0 Å². The molecule has 2 aliphatic rings. The zero-order valence-electron chi connectivity index (χ0n) is 20.6. The number of likely N-dealkylation sites (tertiary alicyclic amines) is 1. The molecule has 0 bridgehead atoms. The van der Waals surface area contributed by atoms with E-state index in [4.69, 9.17) is 9.90 Å². The van der Waals surface area contributed by atoms with Crippen LogP contribution in [0, 0.1) is 5.82 Å². The van der Waals surface area contributed by atoms with Crippen LogP contribution < -0.4 is 5.32 Å². The van der Waals surface area contributed by atoms with E-state index in [1.807, 2.05) is 0 Å². The van der Waals surface area contributed by atoms with E-state index >= 15 is 0 Å². The number of carboxylic acid groups (broad SMARTS) is 1. The lowest BCUT2D eigenvalue weighted by Crippen LogP contribution is -2.48. The number of nitrogens with one attached hydrogen (secondary N) is 1. The SMILES string of the molecule is O=C(O)C(F)(F)F.O=C(c1ccc(F)cc1)N(CCCN1CCCCC1)CCS(=O)(=O)N1CCNCC1. The lowest BCUT2D eigenvalue weighted by molar-refractivity contribution is -0.192. The Morgan fingerprint density at radius 3 is 2.08 bits per heavy atom. The monoisotopic (exact) mass is 554 g/mol. The average Bonchev–Trinajstić information content (AvgIpc) is 2.87. The molecule has 14 heteroatoms. The van der Waals surface area contributed by atoms with Crippen LogP contribution in [0.25, 0.3) is 0 Å². The summed E-state index contributed by atoms with van der Waals surface area (Å²) in [4.78, 5) is 25.9. The molecule has 2 fully saturated rings. The molecule has 2 N–H and O–H groups in total. The van der Waals surface area contributed by atoms with Crippen molar-refractivity contribution in [2.24, 2.45) is 0 Å². The molecule has 1 aromatic carbocycles. The molecule has 2 heterocycles. The molecular formula is C23H34F4N4O5S. The third-order valence-corrected chi connectivity index (χ3v) is 7.91. The summed E-state index contributed by atoms with van der Waals surface area (Å²) in [6.07, 6.45) is -0.599. The Kier molecular flexibility index (Phi) is 12.2. The van der Waals surface area contributed by atoms with E-state index in [1.165, 1.54) is 47.8 Å². The molecule has 1 aromatic rings. The van der Waals surface area contributed by atoms with Gasteiger partial charge in [-0.05, 0) is 63.2 Å². The van der Waals surface area contributed by atoms with E-state index in [0.717, 1.165) is 26.1 Å². The Balaban J connectivity index is 0.000000604. The van der Waals surface area contributed by atoms with Crippen LogP contribution in [0.1, 0.15) is 36.0 Å². The number of piperazine rings is 1. The molecule has 2 aliphatic heterocycles. The largest absolute Gasteiger partial charge is 0.490 e. The van der Waals surface area contributed by atoms with Crippen molar-refractivity contribution in [2.45, 2.75) is 31.9 Å². The van der Waals surface area contributed by atoms with Crippen LogP contribution in [0.3, 0.4) is 0 Å². The first-order valence-electron chi connectivity index (χ1n) is 12.2. The quantitative estimate of drug-likeness (QED) is 0.450. The fourth-order valence-corrected chi connectivity index (χ4v) is 5.48. The zero-order valence-corrected chi connectivity index (χ0v) is 21.4. The first-order chi connectivity index (χ1) is 17.4. The number of amides is 1. The highest BCUT2D eigenvalue weighted by molar-refractivity contribution is 7.89. The first kappa shape index (κ1) is 30.9. The van der Waals surface area contributed by atoms with E-state index in [9.17, 15) is 30.8 Å². The molecule has 37 heavy (non-hydrogen) atoms. The summed E-state index contributed by atoms with van der Waals surface area (Å²) in [5.74, 6) is -3.50. The van der Waals surface area contributed by atoms with E-state index in [1.54, 1.807) is 4.90 Å². The Bertz CT molecular complexity index is 964. The molecule has 2 saturated heterocycles. The summed E-state index contributed by atoms with van der Waals surface area (Å²) in [7, 11) is -3.42. The van der Waals surface area contributed by atoms with Gasteiger partial charge in [0, 0.05) is 44.8 Å². The van der Waals surface area contributed by atoms with E-state index in [-0.39, 0.29) is 18.2 Å². The molecule has 0 spiro atoms. The summed E-state index contributed by atoms with van der Waals surface area (Å²) in [5.41, 5.74) is 0.383. The maximum absolute atomic E-state index is 13.2. The van der Waals surface area contributed by atoms with Crippen LogP contribution in [0.5, 0.6) is 0 Å². The number of sulfonamides is 1. The van der Waals surface area contributed by atoms with Crippen molar-refractivity contribution in [1.29, 1.82) is 0 Å². The highest BCUT2D eigenvalue weighted by atomic mass is 32.2. The lowest BCUT2D eigenvalue weighted by Gasteiger charge is -2.30. The first-order valence-corrected chi connectivity index (χ1v) is 13.8. The number of alkyl halides is 3. The molecule has 0 unspecified atom stereocenters. The van der Waals surface area contributed by atoms with Crippen LogP contribution in [0.15, 0.2) is 24.3 Å². The summed E-state index contributed by atoms with van der Waals surface area (Å²) in [6.45, 7) is 5.92. The van der Waals surface area contributed by atoms with Crippen molar-refractivity contribution < 1.29 is 40.7 Å². The molecule has 0 atom stereocenters. The van der Waals surface area contributed by atoms with Crippen LogP contribution in [-0.4, -0.2) is 110 Å². The van der Waals surface area contributed by atoms with Gasteiger partial charge >= 0.3 is 12.1 Å². The van der Waals surface area contributed by atoms with Crippen LogP contribution >= 0.6 is 0 Å². The number of hydrogen-bond acceptors (Lipinski definition) is 6. The smallest absolute Gasteiger partial charge is 0.475 e. The number of halogens is 4. The van der Waals surface area contributed by atoms with Crippen LogP contribution in [0.4, 0.5) is 17.6 Å². The van der Waals surface area contributed by atoms with Gasteiger partial charge in [0.2, 0.25) is 10.0 Å². The number of benzene rings is 1. The Hall–Kier alpha value is -2.29. The third-order valence-electron chi connectivity index (χ3n) is 6.06. The van der Waals surface area contributed by atoms with Crippen LogP contribution in [0.2, 0.25) is 0 Å². The molecule has 0 aromatic heterocycles. The minimum atomic E-state index is -5.08. The standard InChI is InChI=1S/C21H33FN4O3S.C2HF3O2/c22-20-7-5-19(6-8-20)21(27)25(14-4-13-24-11-2-1-3-12-24)17-18-30(28,29)26-15-9-23-10-16-26;3-2(4,5)1(6)7/h5-8,23H,1-4,9-18H2;(H,6,7).